The summed E-state index contributed by atoms with van der Waals surface area (Å²) in [7, 11) is 0. The van der Waals surface area contributed by atoms with Crippen molar-refractivity contribution in [1.82, 2.24) is 14.9 Å². The van der Waals surface area contributed by atoms with Gasteiger partial charge in [-0.15, -0.1) is 0 Å². The summed E-state index contributed by atoms with van der Waals surface area (Å²) in [5.74, 6) is 0.415. The summed E-state index contributed by atoms with van der Waals surface area (Å²) < 4.78 is 7.64. The minimum atomic E-state index is -0.535. The van der Waals surface area contributed by atoms with Gasteiger partial charge in [0.1, 0.15) is 5.60 Å². The molecule has 4 rings (SSSR count). The van der Waals surface area contributed by atoms with E-state index in [4.69, 9.17) is 4.74 Å². The lowest BCUT2D eigenvalue weighted by Crippen LogP contribution is -2.42. The van der Waals surface area contributed by atoms with Gasteiger partial charge in [0.15, 0.2) is 5.16 Å². The number of aromatic nitrogens is 2. The predicted molar refractivity (Wildman–Crippen MR) is 80.2 cm³/mol. The number of carbonyl (C=O) groups excluding carboxylic acids is 2. The Morgan fingerprint density at radius 3 is 3.09 bits per heavy atom. The summed E-state index contributed by atoms with van der Waals surface area (Å²) in [5, 5.41) is 3.97. The van der Waals surface area contributed by atoms with E-state index in [-0.39, 0.29) is 24.2 Å². The van der Waals surface area contributed by atoms with Crippen molar-refractivity contribution in [2.75, 3.05) is 5.75 Å². The molecule has 1 atom stereocenters. The van der Waals surface area contributed by atoms with E-state index in [1.807, 2.05) is 6.20 Å². The van der Waals surface area contributed by atoms with E-state index in [0.29, 0.717) is 6.54 Å². The number of rotatable bonds is 3. The maximum absolute atomic E-state index is 12.5. The smallest absolute Gasteiger partial charge is 0.307 e. The quantitative estimate of drug-likeness (QED) is 0.854. The molecule has 1 aromatic rings. The molecule has 1 N–H and O–H groups in total. The molecule has 0 radical (unpaired) electrons. The maximum atomic E-state index is 12.5. The minimum absolute atomic E-state index is 0.0754. The summed E-state index contributed by atoms with van der Waals surface area (Å²) in [6.45, 7) is 1.40. The Labute approximate surface area is 133 Å². The van der Waals surface area contributed by atoms with Crippen LogP contribution in [-0.2, 0) is 27.4 Å². The van der Waals surface area contributed by atoms with E-state index in [0.717, 1.165) is 48.8 Å². The van der Waals surface area contributed by atoms with Gasteiger partial charge in [-0.1, -0.05) is 11.8 Å². The Morgan fingerprint density at radius 2 is 2.32 bits per heavy atom. The summed E-state index contributed by atoms with van der Waals surface area (Å²) >= 11 is 1.74. The highest BCUT2D eigenvalue weighted by Gasteiger charge is 2.53. The van der Waals surface area contributed by atoms with Crippen molar-refractivity contribution in [3.05, 3.63) is 11.9 Å². The topological polar surface area (TPSA) is 73.2 Å². The second-order valence-electron chi connectivity index (χ2n) is 6.28. The fourth-order valence-corrected chi connectivity index (χ4v) is 4.76. The average Bonchev–Trinajstić information content (AvgIpc) is 3.21. The second-order valence-corrected chi connectivity index (χ2v) is 7.34. The second kappa shape index (κ2) is 5.30. The fraction of sp³-hybridized carbons (Fsp3) is 0.667. The summed E-state index contributed by atoms with van der Waals surface area (Å²) in [6.07, 6.45) is 5.89. The number of nitrogens with one attached hydrogen (secondary N) is 1. The van der Waals surface area contributed by atoms with Crippen LogP contribution in [0.3, 0.4) is 0 Å². The van der Waals surface area contributed by atoms with Crippen LogP contribution in [0.5, 0.6) is 0 Å². The van der Waals surface area contributed by atoms with Crippen LogP contribution in [0.4, 0.5) is 0 Å². The van der Waals surface area contributed by atoms with E-state index in [1.54, 1.807) is 11.8 Å². The molecule has 0 unspecified atom stereocenters. The zero-order chi connectivity index (χ0) is 15.2. The first-order valence-electron chi connectivity index (χ1n) is 7.85. The van der Waals surface area contributed by atoms with Crippen molar-refractivity contribution >= 4 is 23.6 Å². The van der Waals surface area contributed by atoms with Gasteiger partial charge in [-0.2, -0.15) is 0 Å². The number of imidazole rings is 1. The lowest BCUT2D eigenvalue weighted by molar-refractivity contribution is -0.149. The molecule has 22 heavy (non-hydrogen) atoms. The van der Waals surface area contributed by atoms with Crippen LogP contribution in [0.15, 0.2) is 11.4 Å². The largest absolute Gasteiger partial charge is 0.458 e. The van der Waals surface area contributed by atoms with Crippen LogP contribution in [-0.4, -0.2) is 32.8 Å². The number of carbonyl (C=O) groups is 2. The summed E-state index contributed by atoms with van der Waals surface area (Å²) in [4.78, 5) is 28.7. The molecule has 6 nitrogen and oxygen atoms in total. The zero-order valence-electron chi connectivity index (χ0n) is 12.3. The van der Waals surface area contributed by atoms with Crippen molar-refractivity contribution in [3.8, 4) is 0 Å². The molecular formula is C15H19N3O3S. The molecule has 1 saturated carbocycles. The number of nitrogens with zero attached hydrogens (tertiary/aromatic N) is 2. The van der Waals surface area contributed by atoms with Gasteiger partial charge in [0.2, 0.25) is 5.91 Å². The van der Waals surface area contributed by atoms with Gasteiger partial charge in [-0.05, 0) is 25.7 Å². The van der Waals surface area contributed by atoms with Gasteiger partial charge in [0.25, 0.3) is 0 Å². The number of aryl methyl sites for hydroxylation is 1. The molecule has 3 heterocycles. The van der Waals surface area contributed by atoms with Gasteiger partial charge in [0, 0.05) is 18.5 Å². The molecule has 1 amide bonds. The van der Waals surface area contributed by atoms with Crippen LogP contribution < -0.4 is 5.32 Å². The van der Waals surface area contributed by atoms with E-state index >= 15 is 0 Å². The van der Waals surface area contributed by atoms with Crippen LogP contribution in [0, 0.1) is 5.92 Å². The Hall–Kier alpha value is -1.50. The average molecular weight is 321 g/mol. The predicted octanol–water partition coefficient (Wildman–Crippen LogP) is 1.48. The first kappa shape index (κ1) is 14.1. The van der Waals surface area contributed by atoms with Crippen LogP contribution >= 0.6 is 11.8 Å². The van der Waals surface area contributed by atoms with Gasteiger partial charge >= 0.3 is 5.97 Å². The molecule has 118 valence electrons. The third-order valence-electron chi connectivity index (χ3n) is 4.89. The SMILES string of the molecule is O=C1C[C@H](C(=O)NCc2cn3c(n2)SCC3)C2(CCCC2)O1. The molecule has 0 bridgehead atoms. The van der Waals surface area contributed by atoms with E-state index in [9.17, 15) is 9.59 Å². The molecule has 2 aliphatic heterocycles. The van der Waals surface area contributed by atoms with E-state index in [2.05, 4.69) is 14.9 Å². The monoisotopic (exact) mass is 321 g/mol. The molecule has 3 aliphatic rings. The third kappa shape index (κ3) is 2.31. The lowest BCUT2D eigenvalue weighted by Gasteiger charge is -2.27. The Morgan fingerprint density at radius 1 is 1.50 bits per heavy atom. The first-order valence-corrected chi connectivity index (χ1v) is 8.83. The normalized spacial score (nSPS) is 25.5. The number of thioether (sulfide) groups is 1. The molecule has 1 saturated heterocycles. The molecule has 2 fully saturated rings. The molecular weight excluding hydrogens is 302 g/mol. The molecule has 1 spiro atoms. The van der Waals surface area contributed by atoms with Crippen molar-refractivity contribution in [3.63, 3.8) is 0 Å². The van der Waals surface area contributed by atoms with Gasteiger partial charge in [0.05, 0.1) is 24.6 Å². The van der Waals surface area contributed by atoms with Gasteiger partial charge in [-0.3, -0.25) is 9.59 Å². The maximum Gasteiger partial charge on any atom is 0.307 e. The molecule has 1 aliphatic carbocycles. The van der Waals surface area contributed by atoms with Crippen LogP contribution in [0.2, 0.25) is 0 Å². The van der Waals surface area contributed by atoms with Crippen molar-refractivity contribution < 1.29 is 14.3 Å². The zero-order valence-corrected chi connectivity index (χ0v) is 13.2. The standard InChI is InChI=1S/C15H19N3O3S/c19-12-7-11(15(21-12)3-1-2-4-15)13(20)16-8-10-9-18-5-6-22-14(18)17-10/h9,11H,1-8H2,(H,16,20)/t11-/m1/s1. The minimum Gasteiger partial charge on any atom is -0.458 e. The van der Waals surface area contributed by atoms with Crippen LogP contribution in [0.25, 0.3) is 0 Å². The molecule has 7 heteroatoms. The lowest BCUT2D eigenvalue weighted by atomic mass is 9.85. The van der Waals surface area contributed by atoms with Crippen molar-refractivity contribution in [2.24, 2.45) is 5.92 Å². The Balaban J connectivity index is 1.41. The summed E-state index contributed by atoms with van der Waals surface area (Å²) in [6, 6.07) is 0. The van der Waals surface area contributed by atoms with Crippen molar-refractivity contribution in [1.29, 1.82) is 0 Å². The van der Waals surface area contributed by atoms with E-state index in [1.165, 1.54) is 0 Å². The highest BCUT2D eigenvalue weighted by molar-refractivity contribution is 7.99. The van der Waals surface area contributed by atoms with Crippen molar-refractivity contribution in [2.45, 2.75) is 56.0 Å². The van der Waals surface area contributed by atoms with Crippen LogP contribution in [0.1, 0.15) is 37.8 Å². The number of esters is 1. The highest BCUT2D eigenvalue weighted by atomic mass is 32.2. The highest BCUT2D eigenvalue weighted by Crippen LogP contribution is 2.45. The molecule has 1 aromatic heterocycles. The Bertz CT molecular complexity index is 600. The number of amides is 1. The molecule has 0 aromatic carbocycles. The van der Waals surface area contributed by atoms with Gasteiger partial charge < -0.3 is 14.6 Å². The van der Waals surface area contributed by atoms with E-state index < -0.39 is 5.60 Å². The number of ether oxygens (including phenoxy) is 1. The third-order valence-corrected chi connectivity index (χ3v) is 5.86. The van der Waals surface area contributed by atoms with Gasteiger partial charge in [-0.25, -0.2) is 4.98 Å². The number of hydrogen-bond acceptors (Lipinski definition) is 5. The summed E-state index contributed by atoms with van der Waals surface area (Å²) in [5.41, 5.74) is 0.341. The fourth-order valence-electron chi connectivity index (χ4n) is 3.80. The number of hydrogen-bond donors (Lipinski definition) is 1. The number of fused-ring (bicyclic) bond motifs is 1. The Kier molecular flexibility index (Phi) is 3.40. The first-order chi connectivity index (χ1) is 10.7.